The van der Waals surface area contributed by atoms with Crippen molar-refractivity contribution in [3.8, 4) is 67.8 Å². The lowest BCUT2D eigenvalue weighted by atomic mass is 10.0. The van der Waals surface area contributed by atoms with Gasteiger partial charge in [0.15, 0.2) is 17.5 Å². The van der Waals surface area contributed by atoms with Crippen molar-refractivity contribution in [1.29, 1.82) is 0 Å². The van der Waals surface area contributed by atoms with E-state index in [2.05, 4.69) is 209 Å². The maximum Gasteiger partial charge on any atom is 0.164 e. The minimum absolute atomic E-state index is 0.600. The predicted octanol–water partition coefficient (Wildman–Crippen LogP) is 16.3. The third kappa shape index (κ3) is 6.38. The molecule has 4 heterocycles. The molecule has 0 saturated carbocycles. The summed E-state index contributed by atoms with van der Waals surface area (Å²) in [4.78, 5) is 15.4. The molecular weight excluding hydrogens is 843 g/mol. The number of nitrogens with zero attached hydrogens (tertiary/aromatic N) is 5. The number of para-hydroxylation sites is 2. The molecule has 6 heteroatoms. The van der Waals surface area contributed by atoms with E-state index in [9.17, 15) is 0 Å². The highest BCUT2D eigenvalue weighted by Crippen LogP contribution is 2.43. The van der Waals surface area contributed by atoms with E-state index in [1.165, 1.54) is 21.9 Å². The Morgan fingerprint density at radius 2 is 0.783 bits per heavy atom. The molecule has 0 aliphatic carbocycles. The van der Waals surface area contributed by atoms with Gasteiger partial charge in [-0.05, 0) is 89.0 Å². The Bertz CT molecular complexity index is 4270. The van der Waals surface area contributed by atoms with Gasteiger partial charge in [-0.2, -0.15) is 0 Å². The van der Waals surface area contributed by atoms with Gasteiger partial charge in [-0.25, -0.2) is 15.0 Å². The summed E-state index contributed by atoms with van der Waals surface area (Å²) in [5.41, 5.74) is 15.6. The second-order valence-corrected chi connectivity index (χ2v) is 17.6. The topological polar surface area (TPSA) is 61.7 Å². The van der Waals surface area contributed by atoms with Crippen molar-refractivity contribution < 1.29 is 4.42 Å². The average molecular weight is 882 g/mol. The average Bonchev–Trinajstić information content (AvgIpc) is 4.08. The normalized spacial score (nSPS) is 11.8. The van der Waals surface area contributed by atoms with E-state index in [0.717, 1.165) is 94.0 Å². The van der Waals surface area contributed by atoms with E-state index < -0.39 is 0 Å². The molecule has 0 bridgehead atoms. The largest absolute Gasteiger partial charge is 0.456 e. The summed E-state index contributed by atoms with van der Waals surface area (Å²) in [6, 6.07) is 83.3. The van der Waals surface area contributed by atoms with E-state index in [1.807, 2.05) is 36.4 Å². The minimum Gasteiger partial charge on any atom is -0.456 e. The SMILES string of the molecule is c1ccc(-c2ccc(-c3nc(-c4ccccc4)nc(-c4ccc5c6ccc7oc8ccc(-n9c%10ccccc%10c%10cc(-c%11ccccc%11)ccc%109)cc8c7c6n(-c6ccccc6)c5c4)n3)cc2)cc1. The van der Waals surface area contributed by atoms with Crippen molar-refractivity contribution >= 4 is 65.6 Å². The number of hydrogen-bond donors (Lipinski definition) is 0. The monoisotopic (exact) mass is 881 g/mol. The third-order valence-electron chi connectivity index (χ3n) is 13.6. The van der Waals surface area contributed by atoms with Crippen LogP contribution in [0.1, 0.15) is 0 Å². The molecule has 10 aromatic carbocycles. The van der Waals surface area contributed by atoms with Crippen LogP contribution in [0.3, 0.4) is 0 Å². The quantitative estimate of drug-likeness (QED) is 0.160. The summed E-state index contributed by atoms with van der Waals surface area (Å²) >= 11 is 0. The number of benzene rings is 10. The van der Waals surface area contributed by atoms with Crippen molar-refractivity contribution in [3.63, 3.8) is 0 Å². The van der Waals surface area contributed by atoms with E-state index in [-0.39, 0.29) is 0 Å². The molecule has 4 aromatic heterocycles. The van der Waals surface area contributed by atoms with Gasteiger partial charge in [0.25, 0.3) is 0 Å². The first-order valence-corrected chi connectivity index (χ1v) is 23.3. The van der Waals surface area contributed by atoms with Crippen LogP contribution in [-0.2, 0) is 0 Å². The van der Waals surface area contributed by atoms with Crippen molar-refractivity contribution in [2.24, 2.45) is 0 Å². The first-order valence-electron chi connectivity index (χ1n) is 23.3. The molecule has 0 aliphatic rings. The third-order valence-corrected chi connectivity index (χ3v) is 13.6. The molecule has 0 N–H and O–H groups in total. The fourth-order valence-corrected chi connectivity index (χ4v) is 10.3. The molecule has 69 heavy (non-hydrogen) atoms. The molecule has 6 nitrogen and oxygen atoms in total. The van der Waals surface area contributed by atoms with Crippen LogP contribution in [0.5, 0.6) is 0 Å². The Morgan fingerprint density at radius 3 is 1.51 bits per heavy atom. The van der Waals surface area contributed by atoms with Gasteiger partial charge in [-0.1, -0.05) is 170 Å². The lowest BCUT2D eigenvalue weighted by molar-refractivity contribution is 0.669. The molecule has 322 valence electrons. The number of fused-ring (bicyclic) bond motifs is 10. The van der Waals surface area contributed by atoms with Gasteiger partial charge in [-0.15, -0.1) is 0 Å². The Hall–Kier alpha value is -9.39. The highest BCUT2D eigenvalue weighted by atomic mass is 16.3. The zero-order chi connectivity index (χ0) is 45.4. The fraction of sp³-hybridized carbons (Fsp3) is 0. The van der Waals surface area contributed by atoms with Crippen LogP contribution in [0.4, 0.5) is 0 Å². The van der Waals surface area contributed by atoms with E-state index >= 15 is 0 Å². The standard InChI is InChI=1S/C63H39N5O/c1-5-15-40(16-6-1)42-25-27-44(28-26-42)62-64-61(43-19-9-3-10-20-43)65-63(66-62)46-29-32-50-51-33-36-58-59(60(51)68(56(50)38-46)47-21-11-4-12-22-47)53-39-48(31-35-57(53)69-58)67-54-24-14-13-23-49(54)52-37-45(30-34-55(52)67)41-17-7-2-8-18-41/h1-39H. The molecule has 0 aliphatic heterocycles. The van der Waals surface area contributed by atoms with Gasteiger partial charge in [0.1, 0.15) is 11.2 Å². The van der Waals surface area contributed by atoms with Crippen LogP contribution in [0.2, 0.25) is 0 Å². The lowest BCUT2D eigenvalue weighted by Gasteiger charge is -2.11. The van der Waals surface area contributed by atoms with Gasteiger partial charge in [0.05, 0.1) is 27.5 Å². The zero-order valence-electron chi connectivity index (χ0n) is 37.2. The zero-order valence-corrected chi connectivity index (χ0v) is 37.2. The van der Waals surface area contributed by atoms with Crippen LogP contribution in [-0.4, -0.2) is 24.1 Å². The number of hydrogen-bond acceptors (Lipinski definition) is 4. The van der Waals surface area contributed by atoms with Crippen molar-refractivity contribution in [2.75, 3.05) is 0 Å². The minimum atomic E-state index is 0.600. The smallest absolute Gasteiger partial charge is 0.164 e. The summed E-state index contributed by atoms with van der Waals surface area (Å²) < 4.78 is 11.5. The van der Waals surface area contributed by atoms with Crippen molar-refractivity contribution in [1.82, 2.24) is 24.1 Å². The molecule has 14 aromatic rings. The van der Waals surface area contributed by atoms with Gasteiger partial charge in [0.2, 0.25) is 0 Å². The molecule has 0 saturated heterocycles. The number of aromatic nitrogens is 5. The van der Waals surface area contributed by atoms with Crippen LogP contribution >= 0.6 is 0 Å². The Balaban J connectivity index is 0.972. The van der Waals surface area contributed by atoms with Crippen LogP contribution < -0.4 is 0 Å². The molecule has 0 amide bonds. The van der Waals surface area contributed by atoms with E-state index in [0.29, 0.717) is 17.5 Å². The van der Waals surface area contributed by atoms with Crippen LogP contribution in [0.15, 0.2) is 241 Å². The Kier molecular flexibility index (Phi) is 8.79. The molecule has 14 rings (SSSR count). The summed E-state index contributed by atoms with van der Waals surface area (Å²) in [6.07, 6.45) is 0. The van der Waals surface area contributed by atoms with Gasteiger partial charge >= 0.3 is 0 Å². The van der Waals surface area contributed by atoms with Crippen molar-refractivity contribution in [3.05, 3.63) is 237 Å². The number of furan rings is 1. The second kappa shape index (κ2) is 15.6. The van der Waals surface area contributed by atoms with Gasteiger partial charge < -0.3 is 13.6 Å². The Morgan fingerprint density at radius 1 is 0.275 bits per heavy atom. The van der Waals surface area contributed by atoms with E-state index in [4.69, 9.17) is 19.4 Å². The Labute approximate surface area is 396 Å². The lowest BCUT2D eigenvalue weighted by Crippen LogP contribution is -2.00. The molecule has 0 radical (unpaired) electrons. The first-order chi connectivity index (χ1) is 34.2. The molecule has 0 unspecified atom stereocenters. The van der Waals surface area contributed by atoms with Crippen LogP contribution in [0.25, 0.3) is 133 Å². The highest BCUT2D eigenvalue weighted by Gasteiger charge is 2.22. The second-order valence-electron chi connectivity index (χ2n) is 17.6. The molecule has 0 spiro atoms. The molecular formula is C63H39N5O. The summed E-state index contributed by atoms with van der Waals surface area (Å²) in [5, 5.41) is 6.79. The predicted molar refractivity (Wildman–Crippen MR) is 283 cm³/mol. The molecule has 0 atom stereocenters. The summed E-state index contributed by atoms with van der Waals surface area (Å²) in [5.74, 6) is 1.83. The maximum atomic E-state index is 6.75. The van der Waals surface area contributed by atoms with E-state index in [1.54, 1.807) is 0 Å². The first kappa shape index (κ1) is 38.8. The highest BCUT2D eigenvalue weighted by molar-refractivity contribution is 6.25. The van der Waals surface area contributed by atoms with Gasteiger partial charge in [-0.3, -0.25) is 0 Å². The molecule has 0 fully saturated rings. The fourth-order valence-electron chi connectivity index (χ4n) is 10.3. The van der Waals surface area contributed by atoms with Crippen LogP contribution in [0, 0.1) is 0 Å². The summed E-state index contributed by atoms with van der Waals surface area (Å²) in [7, 11) is 0. The number of rotatable bonds is 7. The summed E-state index contributed by atoms with van der Waals surface area (Å²) in [6.45, 7) is 0. The van der Waals surface area contributed by atoms with Gasteiger partial charge in [0, 0.05) is 55.0 Å². The van der Waals surface area contributed by atoms with Crippen molar-refractivity contribution in [2.45, 2.75) is 0 Å². The maximum absolute atomic E-state index is 6.75.